The molecule has 0 aromatic heterocycles. The fraction of sp³-hybridized carbons (Fsp3) is 0. The van der Waals surface area contributed by atoms with Crippen molar-refractivity contribution in [1.29, 1.82) is 0 Å². The van der Waals surface area contributed by atoms with Crippen molar-refractivity contribution in [1.82, 2.24) is 0 Å². The van der Waals surface area contributed by atoms with Gasteiger partial charge >= 0.3 is 0 Å². The fourth-order valence-corrected chi connectivity index (χ4v) is 0. The first kappa shape index (κ1) is 18.5. The summed E-state index contributed by atoms with van der Waals surface area (Å²) in [5, 5.41) is 12.0. The Hall–Kier alpha value is 1.30. The van der Waals surface area contributed by atoms with Crippen molar-refractivity contribution in [2.75, 3.05) is 0 Å². The van der Waals surface area contributed by atoms with Crippen molar-refractivity contribution >= 4 is 0 Å². The summed E-state index contributed by atoms with van der Waals surface area (Å²) in [5.74, 6) is 0. The molecule has 0 heterocycles. The molecule has 0 spiro atoms. The predicted octanol–water partition coefficient (Wildman–Crippen LogP) is 0.0124. The van der Waals surface area contributed by atoms with Gasteiger partial charge in [0, 0.05) is 42.1 Å². The van der Waals surface area contributed by atoms with E-state index in [1.165, 1.54) is 0 Å². The standard InChI is InChI=1S/H2O2.2W/c1-2;;/h1-2H;;. The maximum absolute atomic E-state index is 6.00. The first-order chi connectivity index (χ1) is 1.00. The van der Waals surface area contributed by atoms with Crippen molar-refractivity contribution in [3.8, 4) is 0 Å². The van der Waals surface area contributed by atoms with Crippen LogP contribution in [0.5, 0.6) is 0 Å². The zero-order valence-corrected chi connectivity index (χ0v) is 7.58. The second-order valence-electron chi connectivity index (χ2n) is 0. The third kappa shape index (κ3) is 10.3. The molecular formula is H2O2W2. The van der Waals surface area contributed by atoms with E-state index < -0.39 is 0 Å². The Labute approximate surface area is 52.7 Å². The van der Waals surface area contributed by atoms with Gasteiger partial charge in [0.2, 0.25) is 0 Å². The van der Waals surface area contributed by atoms with Crippen LogP contribution in [0.4, 0.5) is 0 Å². The van der Waals surface area contributed by atoms with Gasteiger partial charge in [-0.05, 0) is 0 Å². The SMILES string of the molecule is OO.[W].[W]. The molecule has 0 radical (unpaired) electrons. The topological polar surface area (TPSA) is 40.5 Å². The second-order valence-corrected chi connectivity index (χ2v) is 0. The maximum Gasteiger partial charge on any atom is 0 e. The van der Waals surface area contributed by atoms with Gasteiger partial charge in [0.25, 0.3) is 0 Å². The summed E-state index contributed by atoms with van der Waals surface area (Å²) < 4.78 is 0. The third-order valence-corrected chi connectivity index (χ3v) is 0. The van der Waals surface area contributed by atoms with E-state index in [0.29, 0.717) is 0 Å². The van der Waals surface area contributed by atoms with E-state index >= 15 is 0 Å². The molecule has 0 aliphatic carbocycles. The van der Waals surface area contributed by atoms with Crippen LogP contribution >= 0.6 is 0 Å². The van der Waals surface area contributed by atoms with Crippen molar-refractivity contribution in [2.24, 2.45) is 0 Å². The van der Waals surface area contributed by atoms with Gasteiger partial charge in [0.15, 0.2) is 0 Å². The molecule has 0 rings (SSSR count). The molecule has 0 saturated carbocycles. The van der Waals surface area contributed by atoms with Gasteiger partial charge in [-0.2, -0.15) is 0 Å². The molecule has 26 valence electrons. The first-order valence-electron chi connectivity index (χ1n) is 0.200. The van der Waals surface area contributed by atoms with Crippen molar-refractivity contribution in [2.45, 2.75) is 0 Å². The molecule has 0 aromatic rings. The molecule has 0 aliphatic heterocycles. The summed E-state index contributed by atoms with van der Waals surface area (Å²) in [6.45, 7) is 0. The molecule has 0 bridgehead atoms. The average Bonchev–Trinajstić information content (AvgIpc) is 1.00. The van der Waals surface area contributed by atoms with Gasteiger partial charge in [0.1, 0.15) is 0 Å². The van der Waals surface area contributed by atoms with Gasteiger partial charge in [-0.15, -0.1) is 0 Å². The summed E-state index contributed by atoms with van der Waals surface area (Å²) in [4.78, 5) is 0. The van der Waals surface area contributed by atoms with Crippen LogP contribution in [0.3, 0.4) is 0 Å². The molecule has 4 heteroatoms. The Morgan fingerprint density at radius 2 is 0.750 bits per heavy atom. The summed E-state index contributed by atoms with van der Waals surface area (Å²) in [7, 11) is 0. The zero-order chi connectivity index (χ0) is 2.00. The minimum atomic E-state index is 0. The normalized spacial score (nSPS) is 1.50. The minimum absolute atomic E-state index is 0. The van der Waals surface area contributed by atoms with Crippen LogP contribution in [0.15, 0.2) is 0 Å². The van der Waals surface area contributed by atoms with Crippen LogP contribution in [0.2, 0.25) is 0 Å². The van der Waals surface area contributed by atoms with E-state index in [9.17, 15) is 0 Å². The number of hydrogen-bond acceptors (Lipinski definition) is 2. The van der Waals surface area contributed by atoms with Crippen LogP contribution in [0.25, 0.3) is 0 Å². The molecule has 0 atom stereocenters. The fourth-order valence-electron chi connectivity index (χ4n) is 0. The van der Waals surface area contributed by atoms with Crippen LogP contribution in [-0.2, 0) is 42.1 Å². The van der Waals surface area contributed by atoms with Crippen molar-refractivity contribution in [3.05, 3.63) is 0 Å². The summed E-state index contributed by atoms with van der Waals surface area (Å²) in [6, 6.07) is 0. The Morgan fingerprint density at radius 3 is 0.750 bits per heavy atom. The molecule has 0 aromatic carbocycles. The zero-order valence-electron chi connectivity index (χ0n) is 1.71. The summed E-state index contributed by atoms with van der Waals surface area (Å²) in [5.41, 5.74) is 0. The Balaban J connectivity index is -0.00000000500. The number of rotatable bonds is 0. The Morgan fingerprint density at radius 1 is 0.750 bits per heavy atom. The summed E-state index contributed by atoms with van der Waals surface area (Å²) in [6.07, 6.45) is 0. The molecule has 0 fully saturated rings. The third-order valence-electron chi connectivity index (χ3n) is 0. The van der Waals surface area contributed by atoms with Gasteiger partial charge in [-0.1, -0.05) is 0 Å². The van der Waals surface area contributed by atoms with Gasteiger partial charge in [-0.3, -0.25) is 10.5 Å². The number of hydrogen-bond donors (Lipinski definition) is 2. The van der Waals surface area contributed by atoms with E-state index in [0.717, 1.165) is 0 Å². The largest absolute Gasteiger partial charge is 0.255 e. The molecule has 2 nitrogen and oxygen atoms in total. The van der Waals surface area contributed by atoms with E-state index in [-0.39, 0.29) is 42.1 Å². The van der Waals surface area contributed by atoms with Crippen LogP contribution in [-0.4, -0.2) is 10.5 Å². The molecular weight excluding hydrogens is 400 g/mol. The monoisotopic (exact) mass is 402 g/mol. The summed E-state index contributed by atoms with van der Waals surface area (Å²) >= 11 is 0. The van der Waals surface area contributed by atoms with E-state index in [4.69, 9.17) is 10.5 Å². The second kappa shape index (κ2) is 27.8. The maximum atomic E-state index is 6.00. The minimum Gasteiger partial charge on any atom is -0.255 e. The van der Waals surface area contributed by atoms with Gasteiger partial charge < -0.3 is 0 Å². The van der Waals surface area contributed by atoms with Crippen LogP contribution < -0.4 is 0 Å². The van der Waals surface area contributed by atoms with Crippen LogP contribution in [0, 0.1) is 0 Å². The molecule has 0 aliphatic rings. The van der Waals surface area contributed by atoms with Crippen LogP contribution in [0.1, 0.15) is 0 Å². The Bertz CT molecular complexity index is 4.00. The molecule has 4 heavy (non-hydrogen) atoms. The van der Waals surface area contributed by atoms with Gasteiger partial charge in [0.05, 0.1) is 0 Å². The molecule has 0 amide bonds. The van der Waals surface area contributed by atoms with E-state index in [1.54, 1.807) is 0 Å². The molecule has 0 unspecified atom stereocenters. The Kier molecular flexibility index (Phi) is 129. The molecule has 0 saturated heterocycles. The van der Waals surface area contributed by atoms with Crippen molar-refractivity contribution < 1.29 is 52.6 Å². The van der Waals surface area contributed by atoms with Gasteiger partial charge in [-0.25, -0.2) is 0 Å². The molecule has 2 N–H and O–H groups in total. The van der Waals surface area contributed by atoms with E-state index in [1.807, 2.05) is 0 Å². The van der Waals surface area contributed by atoms with E-state index in [2.05, 4.69) is 0 Å². The van der Waals surface area contributed by atoms with Crippen molar-refractivity contribution in [3.63, 3.8) is 0 Å². The average molecular weight is 402 g/mol. The quantitative estimate of drug-likeness (QED) is 0.444. The predicted molar refractivity (Wildman–Crippen MR) is 5.26 cm³/mol. The first-order valence-corrected chi connectivity index (χ1v) is 0.200. The smallest absolute Gasteiger partial charge is 0 e.